The van der Waals surface area contributed by atoms with E-state index in [2.05, 4.69) is 15.2 Å². The predicted octanol–water partition coefficient (Wildman–Crippen LogP) is 3.33. The van der Waals surface area contributed by atoms with Crippen molar-refractivity contribution in [2.75, 3.05) is 6.54 Å². The number of hydrogen-bond acceptors (Lipinski definition) is 4. The molecule has 0 amide bonds. The molecule has 0 radical (unpaired) electrons. The summed E-state index contributed by atoms with van der Waals surface area (Å²) in [5.74, 6) is 0.172. The van der Waals surface area contributed by atoms with Crippen LogP contribution in [0.5, 0.6) is 0 Å². The first-order valence-corrected chi connectivity index (χ1v) is 9.13. The van der Waals surface area contributed by atoms with Gasteiger partial charge < -0.3 is 0 Å². The Balaban J connectivity index is 1.79. The molecular formula is C19H20F3N5O. The zero-order chi connectivity index (χ0) is 19.9. The predicted molar refractivity (Wildman–Crippen MR) is 97.8 cm³/mol. The molecule has 2 aromatic heterocycles. The van der Waals surface area contributed by atoms with Gasteiger partial charge in [-0.1, -0.05) is 12.1 Å². The van der Waals surface area contributed by atoms with Gasteiger partial charge in [-0.3, -0.25) is 19.4 Å². The number of para-hydroxylation sites is 1. The van der Waals surface area contributed by atoms with Crippen molar-refractivity contribution >= 4 is 10.9 Å². The Morgan fingerprint density at radius 2 is 2.07 bits per heavy atom. The molecule has 1 aliphatic heterocycles. The van der Waals surface area contributed by atoms with E-state index in [0.717, 1.165) is 22.4 Å². The maximum Gasteiger partial charge on any atom is 0.406 e. The fourth-order valence-electron chi connectivity index (χ4n) is 3.84. The molecule has 3 aromatic rings. The third kappa shape index (κ3) is 3.66. The Hall–Kier alpha value is -2.68. The summed E-state index contributed by atoms with van der Waals surface area (Å²) >= 11 is 0. The normalized spacial score (nSPS) is 18.2. The summed E-state index contributed by atoms with van der Waals surface area (Å²) in [6.07, 6.45) is -3.04. The third-order valence-electron chi connectivity index (χ3n) is 5.01. The number of halogens is 3. The number of alkyl halides is 3. The second kappa shape index (κ2) is 7.05. The lowest BCUT2D eigenvalue weighted by atomic mass is 10.1. The van der Waals surface area contributed by atoms with Crippen molar-refractivity contribution < 1.29 is 13.2 Å². The van der Waals surface area contributed by atoms with Crippen LogP contribution in [0.2, 0.25) is 0 Å². The molecule has 1 fully saturated rings. The molecule has 1 saturated heterocycles. The fraction of sp³-hybridized carbons (Fsp3) is 0.421. The monoisotopic (exact) mass is 391 g/mol. The van der Waals surface area contributed by atoms with Crippen LogP contribution in [0.25, 0.3) is 10.9 Å². The van der Waals surface area contributed by atoms with Gasteiger partial charge in [0, 0.05) is 12.2 Å². The third-order valence-corrected chi connectivity index (χ3v) is 5.01. The van der Waals surface area contributed by atoms with Crippen LogP contribution in [0.15, 0.2) is 35.1 Å². The second-order valence-corrected chi connectivity index (χ2v) is 7.16. The topological polar surface area (TPSA) is 66.8 Å². The number of hydrogen-bond donors (Lipinski definition) is 1. The first kappa shape index (κ1) is 18.7. The number of nitrogens with one attached hydrogen (secondary N) is 1. The van der Waals surface area contributed by atoms with Crippen molar-refractivity contribution in [2.24, 2.45) is 0 Å². The molecule has 0 bridgehead atoms. The highest BCUT2D eigenvalue weighted by Crippen LogP contribution is 2.33. The maximum absolute atomic E-state index is 13.2. The molecule has 1 aliphatic rings. The van der Waals surface area contributed by atoms with Crippen molar-refractivity contribution in [3.8, 4) is 0 Å². The minimum absolute atomic E-state index is 0.172. The van der Waals surface area contributed by atoms with Crippen LogP contribution in [0.1, 0.15) is 36.1 Å². The smallest absolute Gasteiger partial charge is 0.287 e. The Morgan fingerprint density at radius 1 is 1.29 bits per heavy atom. The van der Waals surface area contributed by atoms with Gasteiger partial charge in [-0.2, -0.15) is 18.3 Å². The zero-order valence-corrected chi connectivity index (χ0v) is 15.3. The van der Waals surface area contributed by atoms with Gasteiger partial charge >= 0.3 is 6.18 Å². The molecule has 0 spiro atoms. The average Bonchev–Trinajstić information content (AvgIpc) is 3.25. The standard InChI is InChI=1S/C19H20F3N5O/c1-12-9-13(25-24-12)10-26-8-4-7-16(26)17-23-15-6-3-2-5-14(15)18(28)27(17)11-19(20,21)22/h2-3,5-6,9,16H,4,7-8,10-11H2,1H3,(H,24,25). The van der Waals surface area contributed by atoms with Crippen LogP contribution in [0.3, 0.4) is 0 Å². The number of aromatic nitrogens is 4. The molecule has 148 valence electrons. The lowest BCUT2D eigenvalue weighted by molar-refractivity contribution is -0.142. The summed E-state index contributed by atoms with van der Waals surface area (Å²) in [6, 6.07) is 8.08. The van der Waals surface area contributed by atoms with Gasteiger partial charge in [-0.15, -0.1) is 0 Å². The molecule has 6 nitrogen and oxygen atoms in total. The number of nitrogens with zero attached hydrogens (tertiary/aromatic N) is 4. The lowest BCUT2D eigenvalue weighted by Crippen LogP contribution is -2.35. The molecule has 1 unspecified atom stereocenters. The van der Waals surface area contributed by atoms with Crippen LogP contribution < -0.4 is 5.56 Å². The molecule has 4 rings (SSSR count). The fourth-order valence-corrected chi connectivity index (χ4v) is 3.84. The van der Waals surface area contributed by atoms with Crippen LogP contribution in [0, 0.1) is 6.92 Å². The van der Waals surface area contributed by atoms with Crippen LogP contribution in [-0.2, 0) is 13.1 Å². The average molecular weight is 391 g/mol. The van der Waals surface area contributed by atoms with E-state index in [-0.39, 0.29) is 17.3 Å². The van der Waals surface area contributed by atoms with Crippen LogP contribution >= 0.6 is 0 Å². The quantitative estimate of drug-likeness (QED) is 0.741. The molecule has 3 heterocycles. The first-order chi connectivity index (χ1) is 13.3. The van der Waals surface area contributed by atoms with Crippen molar-refractivity contribution in [2.45, 2.75) is 45.1 Å². The van der Waals surface area contributed by atoms with E-state index >= 15 is 0 Å². The van der Waals surface area contributed by atoms with Crippen LogP contribution in [0.4, 0.5) is 13.2 Å². The molecule has 28 heavy (non-hydrogen) atoms. The van der Waals surface area contributed by atoms with E-state index in [1.165, 1.54) is 6.07 Å². The van der Waals surface area contributed by atoms with E-state index in [1.54, 1.807) is 18.2 Å². The molecular weight excluding hydrogens is 371 g/mol. The van der Waals surface area contributed by atoms with Gasteiger partial charge in [0.15, 0.2) is 0 Å². The van der Waals surface area contributed by atoms with Crippen molar-refractivity contribution in [1.82, 2.24) is 24.6 Å². The van der Waals surface area contributed by atoms with Gasteiger partial charge in [0.25, 0.3) is 5.56 Å². The maximum atomic E-state index is 13.2. The van der Waals surface area contributed by atoms with Gasteiger partial charge in [0.2, 0.25) is 0 Å². The molecule has 0 saturated carbocycles. The van der Waals surface area contributed by atoms with E-state index in [9.17, 15) is 18.0 Å². The Morgan fingerprint density at radius 3 is 2.79 bits per heavy atom. The minimum atomic E-state index is -4.51. The van der Waals surface area contributed by atoms with E-state index < -0.39 is 18.3 Å². The van der Waals surface area contributed by atoms with E-state index in [0.29, 0.717) is 25.0 Å². The van der Waals surface area contributed by atoms with Gasteiger partial charge in [0.05, 0.1) is 22.6 Å². The summed E-state index contributed by atoms with van der Waals surface area (Å²) in [6.45, 7) is 1.75. The molecule has 1 aromatic carbocycles. The number of likely N-dealkylation sites (tertiary alicyclic amines) is 1. The van der Waals surface area contributed by atoms with Crippen molar-refractivity contribution in [1.29, 1.82) is 0 Å². The van der Waals surface area contributed by atoms with Crippen molar-refractivity contribution in [3.63, 3.8) is 0 Å². The zero-order valence-electron chi connectivity index (χ0n) is 15.3. The highest BCUT2D eigenvalue weighted by molar-refractivity contribution is 5.77. The Bertz CT molecular complexity index is 1060. The lowest BCUT2D eigenvalue weighted by Gasteiger charge is -2.26. The molecule has 1 atom stereocenters. The largest absolute Gasteiger partial charge is 0.406 e. The molecule has 1 N–H and O–H groups in total. The summed E-state index contributed by atoms with van der Waals surface area (Å²) in [7, 11) is 0. The van der Waals surface area contributed by atoms with Gasteiger partial charge in [0.1, 0.15) is 12.4 Å². The van der Waals surface area contributed by atoms with Gasteiger partial charge in [-0.05, 0) is 44.5 Å². The highest BCUT2D eigenvalue weighted by atomic mass is 19.4. The van der Waals surface area contributed by atoms with Gasteiger partial charge in [-0.25, -0.2) is 4.98 Å². The summed E-state index contributed by atoms with van der Waals surface area (Å²) in [5, 5.41) is 7.29. The van der Waals surface area contributed by atoms with E-state index in [4.69, 9.17) is 0 Å². The minimum Gasteiger partial charge on any atom is -0.287 e. The Kier molecular flexibility index (Phi) is 4.70. The number of aromatic amines is 1. The number of rotatable bonds is 4. The number of benzene rings is 1. The number of fused-ring (bicyclic) bond motifs is 1. The second-order valence-electron chi connectivity index (χ2n) is 7.16. The molecule has 9 heteroatoms. The highest BCUT2D eigenvalue weighted by Gasteiger charge is 2.35. The number of aryl methyl sites for hydroxylation is 1. The van der Waals surface area contributed by atoms with Crippen molar-refractivity contribution in [3.05, 3.63) is 57.9 Å². The summed E-state index contributed by atoms with van der Waals surface area (Å²) < 4.78 is 40.5. The Labute approximate surface area is 159 Å². The first-order valence-electron chi connectivity index (χ1n) is 9.13. The van der Waals surface area contributed by atoms with Crippen LogP contribution in [-0.4, -0.2) is 37.4 Å². The summed E-state index contributed by atoms with van der Waals surface area (Å²) in [4.78, 5) is 19.4. The van der Waals surface area contributed by atoms with E-state index in [1.807, 2.05) is 17.9 Å². The number of H-pyrrole nitrogens is 1. The molecule has 0 aliphatic carbocycles. The summed E-state index contributed by atoms with van der Waals surface area (Å²) in [5.41, 5.74) is 1.50. The SMILES string of the molecule is Cc1cc(CN2CCCC2c2nc3ccccc3c(=O)n2CC(F)(F)F)n[nH]1.